The quantitative estimate of drug-likeness (QED) is 0.635. The van der Waals surface area contributed by atoms with Crippen LogP contribution in [0.15, 0.2) is 0 Å². The number of ether oxygens (including phenoxy) is 1. The molecule has 3 unspecified atom stereocenters. The molecule has 0 radical (unpaired) electrons. The van der Waals surface area contributed by atoms with E-state index in [4.69, 9.17) is 4.74 Å². The Bertz CT molecular complexity index is 201. The second-order valence-electron chi connectivity index (χ2n) is 6.19. The lowest BCUT2D eigenvalue weighted by Gasteiger charge is -2.33. The maximum absolute atomic E-state index is 5.70. The smallest absolute Gasteiger partial charge is 0.0509 e. The summed E-state index contributed by atoms with van der Waals surface area (Å²) in [6.07, 6.45) is 10.6. The molecule has 1 aliphatic rings. The zero-order valence-corrected chi connectivity index (χ0v) is 13.4. The fraction of sp³-hybridized carbons (Fsp3) is 1.00. The Kier molecular flexibility index (Phi) is 9.54. The first kappa shape index (κ1) is 17.0. The molecule has 0 saturated carbocycles. The van der Waals surface area contributed by atoms with E-state index >= 15 is 0 Å². The lowest BCUT2D eigenvalue weighted by molar-refractivity contribution is 0.0348. The van der Waals surface area contributed by atoms with Crippen molar-refractivity contribution in [3.8, 4) is 0 Å². The molecule has 0 bridgehead atoms. The van der Waals surface area contributed by atoms with Crippen molar-refractivity contribution in [2.45, 2.75) is 78.2 Å². The van der Waals surface area contributed by atoms with Gasteiger partial charge in [-0.25, -0.2) is 0 Å². The van der Waals surface area contributed by atoms with E-state index in [1.807, 2.05) is 0 Å². The molecular weight excluding hydrogens is 234 g/mol. The third-order valence-corrected chi connectivity index (χ3v) is 4.55. The highest BCUT2D eigenvalue weighted by atomic mass is 16.5. The van der Waals surface area contributed by atoms with Crippen molar-refractivity contribution in [1.82, 2.24) is 5.32 Å². The van der Waals surface area contributed by atoms with Crippen LogP contribution in [-0.2, 0) is 4.74 Å². The van der Waals surface area contributed by atoms with Gasteiger partial charge < -0.3 is 10.1 Å². The first-order valence-corrected chi connectivity index (χ1v) is 8.62. The summed E-state index contributed by atoms with van der Waals surface area (Å²) < 4.78 is 5.70. The van der Waals surface area contributed by atoms with Crippen LogP contribution >= 0.6 is 0 Å². The van der Waals surface area contributed by atoms with E-state index in [0.29, 0.717) is 6.04 Å². The molecule has 0 aromatic carbocycles. The van der Waals surface area contributed by atoms with E-state index in [1.165, 1.54) is 51.4 Å². The molecule has 1 aliphatic heterocycles. The van der Waals surface area contributed by atoms with Gasteiger partial charge in [-0.3, -0.25) is 0 Å². The summed E-state index contributed by atoms with van der Waals surface area (Å²) >= 11 is 0. The molecule has 114 valence electrons. The fourth-order valence-corrected chi connectivity index (χ4v) is 3.20. The van der Waals surface area contributed by atoms with E-state index in [1.54, 1.807) is 0 Å². The molecular formula is C17H35NO. The van der Waals surface area contributed by atoms with Gasteiger partial charge in [-0.1, -0.05) is 46.5 Å². The van der Waals surface area contributed by atoms with Crippen molar-refractivity contribution in [3.63, 3.8) is 0 Å². The molecule has 0 aromatic rings. The molecule has 0 aliphatic carbocycles. The van der Waals surface area contributed by atoms with Gasteiger partial charge in [0.15, 0.2) is 0 Å². The molecule has 0 aromatic heterocycles. The summed E-state index contributed by atoms with van der Waals surface area (Å²) in [6, 6.07) is 0.682. The van der Waals surface area contributed by atoms with Gasteiger partial charge in [0.1, 0.15) is 0 Å². The van der Waals surface area contributed by atoms with Crippen LogP contribution in [-0.4, -0.2) is 25.8 Å². The van der Waals surface area contributed by atoms with Crippen LogP contribution in [0.25, 0.3) is 0 Å². The van der Waals surface area contributed by atoms with E-state index < -0.39 is 0 Å². The largest absolute Gasteiger partial charge is 0.381 e. The van der Waals surface area contributed by atoms with Gasteiger partial charge >= 0.3 is 0 Å². The Morgan fingerprint density at radius 2 is 2.05 bits per heavy atom. The summed E-state index contributed by atoms with van der Waals surface area (Å²) in [5.74, 6) is 1.65. The van der Waals surface area contributed by atoms with Crippen LogP contribution < -0.4 is 5.32 Å². The number of nitrogens with one attached hydrogen (secondary N) is 1. The average molecular weight is 269 g/mol. The van der Waals surface area contributed by atoms with Crippen molar-refractivity contribution in [1.29, 1.82) is 0 Å². The molecule has 1 N–H and O–H groups in total. The molecule has 1 saturated heterocycles. The molecule has 2 heteroatoms. The summed E-state index contributed by atoms with van der Waals surface area (Å²) in [5, 5.41) is 3.80. The number of hydrogen-bond donors (Lipinski definition) is 1. The minimum atomic E-state index is 0.682. The molecule has 19 heavy (non-hydrogen) atoms. The highest BCUT2D eigenvalue weighted by Gasteiger charge is 2.25. The predicted molar refractivity (Wildman–Crippen MR) is 83.5 cm³/mol. The lowest BCUT2D eigenvalue weighted by Crippen LogP contribution is -2.41. The summed E-state index contributed by atoms with van der Waals surface area (Å²) in [5.41, 5.74) is 0. The highest BCUT2D eigenvalue weighted by molar-refractivity contribution is 4.81. The Labute approximate surface area is 120 Å². The SMILES string of the molecule is CCCCC(CC)CC(NCCC)C1CCCOC1. The lowest BCUT2D eigenvalue weighted by atomic mass is 9.84. The average Bonchev–Trinajstić information content (AvgIpc) is 2.47. The molecule has 0 spiro atoms. The molecule has 2 nitrogen and oxygen atoms in total. The minimum Gasteiger partial charge on any atom is -0.381 e. The van der Waals surface area contributed by atoms with Crippen LogP contribution in [0.3, 0.4) is 0 Å². The Morgan fingerprint density at radius 1 is 1.21 bits per heavy atom. The van der Waals surface area contributed by atoms with Gasteiger partial charge in [-0.2, -0.15) is 0 Å². The van der Waals surface area contributed by atoms with Gasteiger partial charge in [-0.05, 0) is 44.1 Å². The van der Waals surface area contributed by atoms with Crippen molar-refractivity contribution in [2.75, 3.05) is 19.8 Å². The summed E-state index contributed by atoms with van der Waals surface area (Å²) in [4.78, 5) is 0. The first-order valence-electron chi connectivity index (χ1n) is 8.62. The predicted octanol–water partition coefficient (Wildman–Crippen LogP) is 4.39. The Morgan fingerprint density at radius 3 is 2.63 bits per heavy atom. The topological polar surface area (TPSA) is 21.3 Å². The van der Waals surface area contributed by atoms with Gasteiger partial charge in [0, 0.05) is 12.6 Å². The van der Waals surface area contributed by atoms with Crippen LogP contribution in [0.5, 0.6) is 0 Å². The molecule has 1 heterocycles. The van der Waals surface area contributed by atoms with Crippen LogP contribution in [0.1, 0.15) is 72.1 Å². The summed E-state index contributed by atoms with van der Waals surface area (Å²) in [7, 11) is 0. The van der Waals surface area contributed by atoms with E-state index in [9.17, 15) is 0 Å². The standard InChI is InChI=1S/C17H35NO/c1-4-7-9-15(6-3)13-17(18-11-5-2)16-10-8-12-19-14-16/h15-18H,4-14H2,1-3H3. The van der Waals surface area contributed by atoms with Crippen LogP contribution in [0.2, 0.25) is 0 Å². The molecule has 1 rings (SSSR count). The maximum Gasteiger partial charge on any atom is 0.0509 e. The molecule has 1 fully saturated rings. The third-order valence-electron chi connectivity index (χ3n) is 4.55. The van der Waals surface area contributed by atoms with Crippen molar-refractivity contribution in [2.24, 2.45) is 11.8 Å². The highest BCUT2D eigenvalue weighted by Crippen LogP contribution is 2.26. The minimum absolute atomic E-state index is 0.682. The summed E-state index contributed by atoms with van der Waals surface area (Å²) in [6.45, 7) is 10.0. The normalized spacial score (nSPS) is 23.2. The van der Waals surface area contributed by atoms with Crippen molar-refractivity contribution < 1.29 is 4.74 Å². The van der Waals surface area contributed by atoms with Crippen molar-refractivity contribution in [3.05, 3.63) is 0 Å². The van der Waals surface area contributed by atoms with Gasteiger partial charge in [0.05, 0.1) is 6.61 Å². The maximum atomic E-state index is 5.70. The van der Waals surface area contributed by atoms with Crippen LogP contribution in [0, 0.1) is 11.8 Å². The number of unbranched alkanes of at least 4 members (excludes halogenated alkanes) is 1. The monoisotopic (exact) mass is 269 g/mol. The van der Waals surface area contributed by atoms with Gasteiger partial charge in [0.25, 0.3) is 0 Å². The van der Waals surface area contributed by atoms with Crippen molar-refractivity contribution >= 4 is 0 Å². The van der Waals surface area contributed by atoms with Gasteiger partial charge in [-0.15, -0.1) is 0 Å². The second kappa shape index (κ2) is 10.7. The Balaban J connectivity index is 2.45. The van der Waals surface area contributed by atoms with E-state index in [2.05, 4.69) is 26.1 Å². The van der Waals surface area contributed by atoms with E-state index in [-0.39, 0.29) is 0 Å². The first-order chi connectivity index (χ1) is 9.31. The molecule has 3 atom stereocenters. The number of rotatable bonds is 10. The zero-order chi connectivity index (χ0) is 13.9. The second-order valence-corrected chi connectivity index (χ2v) is 6.19. The zero-order valence-electron chi connectivity index (χ0n) is 13.4. The van der Waals surface area contributed by atoms with Gasteiger partial charge in [0.2, 0.25) is 0 Å². The third kappa shape index (κ3) is 6.76. The van der Waals surface area contributed by atoms with E-state index in [0.717, 1.165) is 31.6 Å². The van der Waals surface area contributed by atoms with Crippen LogP contribution in [0.4, 0.5) is 0 Å². The molecule has 0 amide bonds. The fourth-order valence-electron chi connectivity index (χ4n) is 3.20. The number of hydrogen-bond acceptors (Lipinski definition) is 2. The Hall–Kier alpha value is -0.0800.